The number of hydrogen-bond donors (Lipinski definition) is 3. The molecule has 0 spiro atoms. The Labute approximate surface area is 123 Å². The molecule has 0 amide bonds. The number of rotatable bonds is 6. The third-order valence-electron chi connectivity index (χ3n) is 2.49. The molecule has 0 radical (unpaired) electrons. The van der Waals surface area contributed by atoms with E-state index in [4.69, 9.17) is 10.2 Å². The van der Waals surface area contributed by atoms with E-state index in [9.17, 15) is 18.5 Å². The molecule has 1 aromatic rings. The lowest BCUT2D eigenvalue weighted by molar-refractivity contribution is -0.387. The van der Waals surface area contributed by atoms with Gasteiger partial charge in [0.25, 0.3) is 5.69 Å². The number of nitrogens with zero attached hydrogens (tertiary/aromatic N) is 1. The minimum atomic E-state index is -4.28. The van der Waals surface area contributed by atoms with Gasteiger partial charge in [-0.05, 0) is 19.1 Å². The van der Waals surface area contributed by atoms with Gasteiger partial charge in [-0.1, -0.05) is 15.9 Å². The van der Waals surface area contributed by atoms with E-state index in [0.717, 1.165) is 12.1 Å². The van der Waals surface area contributed by atoms with Crippen LogP contribution in [0.5, 0.6) is 0 Å². The Balaban J connectivity index is 3.35. The molecule has 0 aromatic heterocycles. The summed E-state index contributed by atoms with van der Waals surface area (Å²) < 4.78 is 26.8. The fourth-order valence-corrected chi connectivity index (χ4v) is 3.45. The second kappa shape index (κ2) is 6.14. The second-order valence-electron chi connectivity index (χ2n) is 4.35. The number of sulfonamides is 1. The van der Waals surface area contributed by atoms with E-state index in [-0.39, 0.29) is 0 Å². The van der Waals surface area contributed by atoms with E-state index >= 15 is 0 Å². The highest BCUT2D eigenvalue weighted by Crippen LogP contribution is 2.27. The number of aliphatic hydroxyl groups excluding tert-OH is 2. The maximum atomic E-state index is 12.2. The van der Waals surface area contributed by atoms with Crippen molar-refractivity contribution in [3.05, 3.63) is 32.8 Å². The summed E-state index contributed by atoms with van der Waals surface area (Å²) in [5.41, 5.74) is -2.12. The van der Waals surface area contributed by atoms with E-state index in [0.29, 0.717) is 4.47 Å². The first kappa shape index (κ1) is 17.0. The fourth-order valence-electron chi connectivity index (χ4n) is 1.35. The minimum Gasteiger partial charge on any atom is -0.394 e. The molecule has 0 saturated heterocycles. The average molecular weight is 369 g/mol. The van der Waals surface area contributed by atoms with Crippen molar-refractivity contribution in [3.8, 4) is 0 Å². The molecule has 0 atom stereocenters. The van der Waals surface area contributed by atoms with Crippen molar-refractivity contribution in [3.63, 3.8) is 0 Å². The van der Waals surface area contributed by atoms with E-state index in [2.05, 4.69) is 20.7 Å². The van der Waals surface area contributed by atoms with Crippen LogP contribution in [-0.2, 0) is 10.0 Å². The average Bonchev–Trinajstić information content (AvgIpc) is 2.37. The highest BCUT2D eigenvalue weighted by molar-refractivity contribution is 9.10. The summed E-state index contributed by atoms with van der Waals surface area (Å²) >= 11 is 3.04. The van der Waals surface area contributed by atoms with E-state index in [1.54, 1.807) is 0 Å². The van der Waals surface area contributed by atoms with Crippen LogP contribution in [0.15, 0.2) is 27.6 Å². The summed E-state index contributed by atoms with van der Waals surface area (Å²) in [6.45, 7) is -0.0522. The molecule has 20 heavy (non-hydrogen) atoms. The molecule has 0 saturated carbocycles. The minimum absolute atomic E-state index is 0.346. The first-order valence-corrected chi connectivity index (χ1v) is 7.62. The largest absolute Gasteiger partial charge is 0.394 e. The number of nitro benzene ring substituents is 1. The molecule has 8 nitrogen and oxygen atoms in total. The maximum Gasteiger partial charge on any atom is 0.289 e. The van der Waals surface area contributed by atoms with Crippen LogP contribution in [0, 0.1) is 10.1 Å². The lowest BCUT2D eigenvalue weighted by Crippen LogP contribution is -2.51. The quantitative estimate of drug-likeness (QED) is 0.491. The summed E-state index contributed by atoms with van der Waals surface area (Å²) in [5.74, 6) is 0. The first-order chi connectivity index (χ1) is 9.15. The second-order valence-corrected chi connectivity index (χ2v) is 6.92. The summed E-state index contributed by atoms with van der Waals surface area (Å²) in [6.07, 6.45) is 0. The Morgan fingerprint density at radius 1 is 1.40 bits per heavy atom. The molecule has 3 N–H and O–H groups in total. The van der Waals surface area contributed by atoms with Gasteiger partial charge in [-0.2, -0.15) is 0 Å². The molecule has 0 aliphatic heterocycles. The standard InChI is InChI=1S/C10H13BrN2O6S/c1-10(5-14,6-15)12-20(18,19)9-4-7(11)2-3-8(9)13(16)17/h2-4,12,14-15H,5-6H2,1H3. The van der Waals surface area contributed by atoms with Crippen LogP contribution in [0.25, 0.3) is 0 Å². The molecule has 1 rings (SSSR count). The first-order valence-electron chi connectivity index (χ1n) is 5.35. The summed E-state index contributed by atoms with van der Waals surface area (Å²) in [7, 11) is -4.28. The van der Waals surface area contributed by atoms with Crippen LogP contribution in [0.1, 0.15) is 6.92 Å². The van der Waals surface area contributed by atoms with Crippen LogP contribution < -0.4 is 4.72 Å². The Morgan fingerprint density at radius 2 is 1.95 bits per heavy atom. The summed E-state index contributed by atoms with van der Waals surface area (Å²) in [4.78, 5) is 9.51. The lowest BCUT2D eigenvalue weighted by atomic mass is 10.1. The molecule has 112 valence electrons. The Bertz CT molecular complexity index is 614. The fraction of sp³-hybridized carbons (Fsp3) is 0.400. The zero-order chi connectivity index (χ0) is 15.6. The Morgan fingerprint density at radius 3 is 2.40 bits per heavy atom. The predicted molar refractivity (Wildman–Crippen MR) is 73.7 cm³/mol. The van der Waals surface area contributed by atoms with Gasteiger partial charge in [-0.15, -0.1) is 0 Å². The molecule has 0 aliphatic rings. The SMILES string of the molecule is CC(CO)(CO)NS(=O)(=O)c1cc(Br)ccc1[N+](=O)[O-]. The molecule has 1 aromatic carbocycles. The molecule has 0 unspecified atom stereocenters. The van der Waals surface area contributed by atoms with Crippen molar-refractivity contribution in [1.82, 2.24) is 4.72 Å². The molecular formula is C10H13BrN2O6S. The summed E-state index contributed by atoms with van der Waals surface area (Å²) in [5, 5.41) is 29.1. The van der Waals surface area contributed by atoms with Gasteiger partial charge in [-0.25, -0.2) is 13.1 Å². The number of aliphatic hydroxyl groups is 2. The molecule has 0 fully saturated rings. The number of nitrogens with one attached hydrogen (secondary N) is 1. The van der Waals surface area contributed by atoms with Gasteiger partial charge in [0.15, 0.2) is 4.90 Å². The lowest BCUT2D eigenvalue weighted by Gasteiger charge is -2.25. The van der Waals surface area contributed by atoms with Crippen molar-refractivity contribution in [2.75, 3.05) is 13.2 Å². The molecule has 0 heterocycles. The topological polar surface area (TPSA) is 130 Å². The van der Waals surface area contributed by atoms with Crippen molar-refractivity contribution in [2.24, 2.45) is 0 Å². The van der Waals surface area contributed by atoms with E-state index in [1.165, 1.54) is 13.0 Å². The Kier molecular flexibility index (Phi) is 5.21. The van der Waals surface area contributed by atoms with E-state index in [1.807, 2.05) is 0 Å². The normalized spacial score (nSPS) is 12.4. The van der Waals surface area contributed by atoms with Gasteiger partial charge in [0.05, 0.1) is 23.7 Å². The highest BCUT2D eigenvalue weighted by atomic mass is 79.9. The maximum absolute atomic E-state index is 12.2. The predicted octanol–water partition coefficient (Wildman–Crippen LogP) is 0.379. The molecular weight excluding hydrogens is 356 g/mol. The van der Waals surface area contributed by atoms with Crippen molar-refractivity contribution in [2.45, 2.75) is 17.4 Å². The number of benzene rings is 1. The van der Waals surface area contributed by atoms with Gasteiger partial charge in [0.1, 0.15) is 0 Å². The Hall–Kier alpha value is -1.07. The summed E-state index contributed by atoms with van der Waals surface area (Å²) in [6, 6.07) is 3.47. The van der Waals surface area contributed by atoms with Crippen LogP contribution in [0.2, 0.25) is 0 Å². The van der Waals surface area contributed by atoms with Crippen molar-refractivity contribution in [1.29, 1.82) is 0 Å². The number of hydrogen-bond acceptors (Lipinski definition) is 6. The molecule has 10 heteroatoms. The molecule has 0 bridgehead atoms. The van der Waals surface area contributed by atoms with Crippen LogP contribution in [-0.4, -0.2) is 42.3 Å². The number of nitro groups is 1. The van der Waals surface area contributed by atoms with Gasteiger partial charge in [-0.3, -0.25) is 10.1 Å². The van der Waals surface area contributed by atoms with Gasteiger partial charge >= 0.3 is 0 Å². The van der Waals surface area contributed by atoms with E-state index < -0.39 is 44.3 Å². The van der Waals surface area contributed by atoms with Gasteiger partial charge in [0, 0.05) is 10.5 Å². The van der Waals surface area contributed by atoms with Crippen LogP contribution >= 0.6 is 15.9 Å². The highest BCUT2D eigenvalue weighted by Gasteiger charge is 2.33. The van der Waals surface area contributed by atoms with Gasteiger partial charge in [0.2, 0.25) is 10.0 Å². The number of halogens is 1. The van der Waals surface area contributed by atoms with Gasteiger partial charge < -0.3 is 10.2 Å². The smallest absolute Gasteiger partial charge is 0.289 e. The zero-order valence-electron chi connectivity index (χ0n) is 10.4. The van der Waals surface area contributed by atoms with Crippen molar-refractivity contribution >= 4 is 31.6 Å². The van der Waals surface area contributed by atoms with Crippen LogP contribution in [0.3, 0.4) is 0 Å². The third-order valence-corrected chi connectivity index (χ3v) is 4.65. The monoisotopic (exact) mass is 368 g/mol. The zero-order valence-corrected chi connectivity index (χ0v) is 12.8. The van der Waals surface area contributed by atoms with Crippen LogP contribution in [0.4, 0.5) is 5.69 Å². The molecule has 0 aliphatic carbocycles. The van der Waals surface area contributed by atoms with Crippen molar-refractivity contribution < 1.29 is 23.6 Å². The third kappa shape index (κ3) is 3.73.